The third kappa shape index (κ3) is 4.56. The van der Waals surface area contributed by atoms with Gasteiger partial charge in [-0.25, -0.2) is 9.78 Å². The molecule has 1 fully saturated rings. The molecular weight excluding hydrogens is 370 g/mol. The summed E-state index contributed by atoms with van der Waals surface area (Å²) in [5.74, 6) is -0.105. The third-order valence-electron chi connectivity index (χ3n) is 4.36. The Balaban J connectivity index is 0.00000261. The van der Waals surface area contributed by atoms with Crippen molar-refractivity contribution in [3.63, 3.8) is 0 Å². The number of nitrogens with one attached hydrogen (secondary N) is 2. The second-order valence-electron chi connectivity index (χ2n) is 7.65. The zero-order valence-electron chi connectivity index (χ0n) is 15.8. The molecule has 0 unspecified atom stereocenters. The van der Waals surface area contributed by atoms with Gasteiger partial charge in [-0.15, -0.1) is 12.4 Å². The average molecular weight is 396 g/mol. The van der Waals surface area contributed by atoms with E-state index in [4.69, 9.17) is 5.73 Å². The number of pyridine rings is 1. The summed E-state index contributed by atoms with van der Waals surface area (Å²) in [5, 5.41) is 2.93. The van der Waals surface area contributed by atoms with E-state index in [1.807, 2.05) is 6.92 Å². The first kappa shape index (κ1) is 21.1. The standard InChI is InChI=1S/C18H25N5O3.ClH/c1-4-7-23-14-13(16(25)22-17(23)26)11(8-12(21-14)10-5-6-10)15(24)20-9-18(2,3)19;/h8,10H,4-7,9,19H2,1-3H3,(H,20,24)(H,22,25,26);1H. The van der Waals surface area contributed by atoms with Gasteiger partial charge in [0.1, 0.15) is 0 Å². The predicted octanol–water partition coefficient (Wildman–Crippen LogP) is 1.26. The van der Waals surface area contributed by atoms with Crippen LogP contribution in [0.2, 0.25) is 0 Å². The fourth-order valence-corrected chi connectivity index (χ4v) is 2.90. The minimum absolute atomic E-state index is 0. The van der Waals surface area contributed by atoms with E-state index in [-0.39, 0.29) is 47.4 Å². The van der Waals surface area contributed by atoms with Crippen molar-refractivity contribution >= 4 is 29.3 Å². The molecule has 0 radical (unpaired) electrons. The largest absolute Gasteiger partial charge is 0.350 e. The highest BCUT2D eigenvalue weighted by atomic mass is 35.5. The fourth-order valence-electron chi connectivity index (χ4n) is 2.90. The maximum atomic E-state index is 12.8. The zero-order valence-corrected chi connectivity index (χ0v) is 16.6. The predicted molar refractivity (Wildman–Crippen MR) is 107 cm³/mol. The van der Waals surface area contributed by atoms with E-state index in [1.165, 1.54) is 4.57 Å². The van der Waals surface area contributed by atoms with Crippen LogP contribution in [0, 0.1) is 0 Å². The van der Waals surface area contributed by atoms with Gasteiger partial charge in [0.05, 0.1) is 10.9 Å². The summed E-state index contributed by atoms with van der Waals surface area (Å²) in [6.45, 7) is 6.23. The van der Waals surface area contributed by atoms with Crippen LogP contribution in [0.3, 0.4) is 0 Å². The van der Waals surface area contributed by atoms with E-state index in [0.29, 0.717) is 13.0 Å². The van der Waals surface area contributed by atoms with Crippen molar-refractivity contribution in [2.75, 3.05) is 6.54 Å². The van der Waals surface area contributed by atoms with Crippen molar-refractivity contribution in [3.05, 3.63) is 38.2 Å². The minimum atomic E-state index is -0.593. The Labute approximate surface area is 163 Å². The molecule has 4 N–H and O–H groups in total. The SMILES string of the molecule is CCCn1c(=O)[nH]c(=O)c2c(C(=O)NCC(C)(C)N)cc(C3CC3)nc21.Cl. The Morgan fingerprint density at radius 2 is 2.07 bits per heavy atom. The Morgan fingerprint density at radius 3 is 2.63 bits per heavy atom. The fraction of sp³-hybridized carbons (Fsp3) is 0.556. The number of halogens is 1. The van der Waals surface area contributed by atoms with Crippen LogP contribution in [0.4, 0.5) is 0 Å². The van der Waals surface area contributed by atoms with Crippen molar-refractivity contribution < 1.29 is 4.79 Å². The van der Waals surface area contributed by atoms with Crippen molar-refractivity contribution in [2.45, 2.75) is 58.0 Å². The molecule has 148 valence electrons. The molecule has 9 heteroatoms. The summed E-state index contributed by atoms with van der Waals surface area (Å²) in [6, 6.07) is 1.68. The maximum Gasteiger partial charge on any atom is 0.329 e. The van der Waals surface area contributed by atoms with Crippen LogP contribution >= 0.6 is 12.4 Å². The molecule has 2 aromatic heterocycles. The van der Waals surface area contributed by atoms with Crippen LogP contribution in [0.1, 0.15) is 62.0 Å². The van der Waals surface area contributed by atoms with Crippen molar-refractivity contribution in [1.29, 1.82) is 0 Å². The molecule has 1 aliphatic rings. The second kappa shape index (κ2) is 7.82. The topological polar surface area (TPSA) is 123 Å². The van der Waals surface area contributed by atoms with Gasteiger partial charge in [-0.1, -0.05) is 6.92 Å². The maximum absolute atomic E-state index is 12.8. The second-order valence-corrected chi connectivity index (χ2v) is 7.65. The normalized spacial score (nSPS) is 14.1. The van der Waals surface area contributed by atoms with Gasteiger partial charge >= 0.3 is 5.69 Å². The lowest BCUT2D eigenvalue weighted by molar-refractivity contribution is 0.0947. The molecule has 1 aliphatic carbocycles. The summed E-state index contributed by atoms with van der Waals surface area (Å²) >= 11 is 0. The van der Waals surface area contributed by atoms with Crippen molar-refractivity contribution in [3.8, 4) is 0 Å². The molecule has 0 aliphatic heterocycles. The van der Waals surface area contributed by atoms with E-state index in [0.717, 1.165) is 18.5 Å². The van der Waals surface area contributed by atoms with Crippen LogP contribution in [-0.4, -0.2) is 32.5 Å². The van der Waals surface area contributed by atoms with Crippen LogP contribution in [0.5, 0.6) is 0 Å². The number of amides is 1. The molecule has 2 aromatic rings. The Hall–Kier alpha value is -2.19. The molecule has 0 bridgehead atoms. The number of aromatic amines is 1. The average Bonchev–Trinajstić information content (AvgIpc) is 3.39. The van der Waals surface area contributed by atoms with Crippen molar-refractivity contribution in [2.24, 2.45) is 5.73 Å². The van der Waals surface area contributed by atoms with Crippen LogP contribution in [-0.2, 0) is 6.54 Å². The molecule has 3 rings (SSSR count). The lowest BCUT2D eigenvalue weighted by Crippen LogP contribution is -2.45. The quantitative estimate of drug-likeness (QED) is 0.679. The van der Waals surface area contributed by atoms with E-state index in [2.05, 4.69) is 15.3 Å². The number of rotatable bonds is 6. The Kier molecular flexibility index (Phi) is 6.11. The molecule has 0 atom stereocenters. The van der Waals surface area contributed by atoms with Gasteiger partial charge in [-0.3, -0.25) is 19.1 Å². The molecule has 0 saturated heterocycles. The van der Waals surface area contributed by atoms with E-state index < -0.39 is 16.8 Å². The smallest absolute Gasteiger partial charge is 0.329 e. The van der Waals surface area contributed by atoms with Gasteiger partial charge in [0, 0.05) is 30.2 Å². The monoisotopic (exact) mass is 395 g/mol. The summed E-state index contributed by atoms with van der Waals surface area (Å²) in [6.07, 6.45) is 2.70. The number of nitrogens with two attached hydrogens (primary N) is 1. The van der Waals surface area contributed by atoms with Crippen LogP contribution in [0.25, 0.3) is 11.0 Å². The molecule has 1 amide bonds. The Bertz CT molecular complexity index is 970. The first-order valence-corrected chi connectivity index (χ1v) is 8.96. The van der Waals surface area contributed by atoms with Crippen LogP contribution in [0.15, 0.2) is 15.7 Å². The number of fused-ring (bicyclic) bond motifs is 1. The van der Waals surface area contributed by atoms with Gasteiger partial charge in [0.25, 0.3) is 11.5 Å². The molecule has 1 saturated carbocycles. The molecule has 8 nitrogen and oxygen atoms in total. The molecule has 2 heterocycles. The van der Waals surface area contributed by atoms with Crippen molar-refractivity contribution in [1.82, 2.24) is 19.9 Å². The number of H-pyrrole nitrogens is 1. The van der Waals surface area contributed by atoms with E-state index in [9.17, 15) is 14.4 Å². The molecular formula is C18H26ClN5O3. The number of aromatic nitrogens is 3. The number of hydrogen-bond donors (Lipinski definition) is 3. The summed E-state index contributed by atoms with van der Waals surface area (Å²) in [5.41, 5.74) is 5.54. The van der Waals surface area contributed by atoms with E-state index in [1.54, 1.807) is 19.9 Å². The third-order valence-corrected chi connectivity index (χ3v) is 4.36. The lowest BCUT2D eigenvalue weighted by Gasteiger charge is -2.19. The number of aryl methyl sites for hydroxylation is 1. The highest BCUT2D eigenvalue weighted by molar-refractivity contribution is 6.05. The summed E-state index contributed by atoms with van der Waals surface area (Å²) in [7, 11) is 0. The molecule has 0 aromatic carbocycles. The minimum Gasteiger partial charge on any atom is -0.350 e. The van der Waals surface area contributed by atoms with Gasteiger partial charge < -0.3 is 11.1 Å². The van der Waals surface area contributed by atoms with Gasteiger partial charge in [0.15, 0.2) is 5.65 Å². The number of nitrogens with zero attached hydrogens (tertiary/aromatic N) is 2. The highest BCUT2D eigenvalue weighted by Gasteiger charge is 2.29. The van der Waals surface area contributed by atoms with Crippen LogP contribution < -0.4 is 22.3 Å². The lowest BCUT2D eigenvalue weighted by atomic mass is 10.1. The Morgan fingerprint density at radius 1 is 1.41 bits per heavy atom. The van der Waals surface area contributed by atoms with Gasteiger partial charge in [0.2, 0.25) is 0 Å². The van der Waals surface area contributed by atoms with Gasteiger partial charge in [-0.2, -0.15) is 0 Å². The summed E-state index contributed by atoms with van der Waals surface area (Å²) < 4.78 is 1.44. The number of hydrogen-bond acceptors (Lipinski definition) is 5. The zero-order chi connectivity index (χ0) is 19.1. The first-order chi connectivity index (χ1) is 12.2. The highest BCUT2D eigenvalue weighted by Crippen LogP contribution is 2.39. The molecule has 0 spiro atoms. The van der Waals surface area contributed by atoms with Gasteiger partial charge in [-0.05, 0) is 39.2 Å². The molecule has 27 heavy (non-hydrogen) atoms. The first-order valence-electron chi connectivity index (χ1n) is 8.96. The number of carbonyl (C=O) groups excluding carboxylic acids is 1. The summed E-state index contributed by atoms with van der Waals surface area (Å²) in [4.78, 5) is 44.3. The number of carbonyl (C=O) groups is 1. The van der Waals surface area contributed by atoms with E-state index >= 15 is 0 Å².